The van der Waals surface area contributed by atoms with Crippen molar-refractivity contribution >= 4 is 46.2 Å². The van der Waals surface area contributed by atoms with Gasteiger partial charge in [0.25, 0.3) is 11.7 Å². The van der Waals surface area contributed by atoms with Gasteiger partial charge in [-0.1, -0.05) is 58.5 Å². The summed E-state index contributed by atoms with van der Waals surface area (Å²) >= 11 is 1.16. The molecule has 63 heavy (non-hydrogen) atoms. The van der Waals surface area contributed by atoms with Crippen molar-refractivity contribution in [2.75, 3.05) is 34.4 Å². The maximum atomic E-state index is 14.4. The highest BCUT2D eigenvalue weighted by Crippen LogP contribution is 2.40. The molecule has 3 heterocycles. The number of piperidine rings is 1. The van der Waals surface area contributed by atoms with Crippen LogP contribution in [0.15, 0.2) is 23.3 Å². The van der Waals surface area contributed by atoms with E-state index in [1.807, 2.05) is 32.9 Å². The Hall–Kier alpha value is -2.99. The van der Waals surface area contributed by atoms with Gasteiger partial charge in [-0.15, -0.1) is 0 Å². The van der Waals surface area contributed by atoms with Gasteiger partial charge in [-0.05, 0) is 100 Å². The van der Waals surface area contributed by atoms with Crippen LogP contribution in [0, 0.1) is 29.6 Å². The maximum absolute atomic E-state index is 14.4. The van der Waals surface area contributed by atoms with E-state index in [1.54, 1.807) is 21.0 Å². The highest BCUT2D eigenvalue weighted by atomic mass is 32.2. The van der Waals surface area contributed by atoms with Crippen LogP contribution in [0.4, 0.5) is 0 Å². The van der Waals surface area contributed by atoms with Crippen molar-refractivity contribution in [2.45, 2.75) is 173 Å². The van der Waals surface area contributed by atoms with Crippen LogP contribution in [0.25, 0.3) is 0 Å². The van der Waals surface area contributed by atoms with Crippen LogP contribution < -0.4 is 5.32 Å². The first-order valence-corrected chi connectivity index (χ1v) is 23.7. The standard InChI is InChI=1S/C47H74N2O13S/c1-11-33-19-26(2)18-27(3)20-38(59-9)43-39(60-10)22-29(5)47(57,62-43)44(54)45(55)49-17-13-12-14-34(49)46(56)61-42(30(6)35(51)24-36(33)52)28(4)21-32-15-16-40(37(23-32)58-8)63-41(53)25-48-31(7)50/h19,21,26-27,29-30,32,34-35,37-40,42-43,51,57H,11-18,20,22-25H2,1-10H3,(H,48,50). The van der Waals surface area contributed by atoms with Crippen LogP contribution >= 0.6 is 11.8 Å². The number of carbonyl (C=O) groups is 6. The highest BCUT2D eigenvalue weighted by molar-refractivity contribution is 8.14. The molecular weight excluding hydrogens is 833 g/mol. The summed E-state index contributed by atoms with van der Waals surface area (Å²) in [5.41, 5.74) is 1.23. The Morgan fingerprint density at radius 1 is 0.937 bits per heavy atom. The Balaban J connectivity index is 1.72. The zero-order valence-electron chi connectivity index (χ0n) is 39.1. The third-order valence-electron chi connectivity index (χ3n) is 13.6. The van der Waals surface area contributed by atoms with Crippen molar-refractivity contribution in [2.24, 2.45) is 29.6 Å². The predicted molar refractivity (Wildman–Crippen MR) is 237 cm³/mol. The molecule has 0 aromatic carbocycles. The summed E-state index contributed by atoms with van der Waals surface area (Å²) in [5.74, 6) is -7.66. The first-order valence-electron chi connectivity index (χ1n) is 22.9. The minimum absolute atomic E-state index is 0.0299. The predicted octanol–water partition coefficient (Wildman–Crippen LogP) is 4.88. The van der Waals surface area contributed by atoms with E-state index in [2.05, 4.69) is 12.2 Å². The average molecular weight is 907 g/mol. The third-order valence-corrected chi connectivity index (χ3v) is 14.9. The van der Waals surface area contributed by atoms with E-state index in [0.29, 0.717) is 62.5 Å². The molecular formula is C47H74N2O13S. The molecule has 4 aliphatic rings. The molecule has 2 amide bonds. The van der Waals surface area contributed by atoms with Crippen molar-refractivity contribution < 1.29 is 62.7 Å². The number of methoxy groups -OCH3 is 3. The summed E-state index contributed by atoms with van der Waals surface area (Å²) in [7, 11) is 4.65. The molecule has 14 unspecified atom stereocenters. The zero-order valence-corrected chi connectivity index (χ0v) is 39.9. The lowest BCUT2D eigenvalue weighted by Crippen LogP contribution is -2.64. The molecule has 4 rings (SSSR count). The number of aliphatic hydroxyl groups excluding tert-OH is 1. The number of ketones is 2. The van der Waals surface area contributed by atoms with Crippen LogP contribution in [0.5, 0.6) is 0 Å². The molecule has 2 saturated heterocycles. The van der Waals surface area contributed by atoms with Crippen molar-refractivity contribution in [1.82, 2.24) is 10.2 Å². The van der Waals surface area contributed by atoms with Gasteiger partial charge >= 0.3 is 5.97 Å². The molecule has 15 nitrogen and oxygen atoms in total. The number of nitrogens with one attached hydrogen (secondary N) is 1. The number of nitrogens with zero attached hydrogens (tertiary/aromatic N) is 1. The van der Waals surface area contributed by atoms with Gasteiger partial charge in [-0.25, -0.2) is 4.79 Å². The Morgan fingerprint density at radius 2 is 1.60 bits per heavy atom. The number of fused-ring (bicyclic) bond motifs is 3. The Kier molecular flexibility index (Phi) is 20.0. The Labute approximate surface area is 378 Å². The number of carbonyl (C=O) groups excluding carboxylic acids is 6. The fourth-order valence-electron chi connectivity index (χ4n) is 9.95. The molecule has 0 spiro atoms. The van der Waals surface area contributed by atoms with Crippen molar-refractivity contribution in [3.8, 4) is 0 Å². The van der Waals surface area contributed by atoms with E-state index in [-0.39, 0.29) is 78.3 Å². The lowest BCUT2D eigenvalue weighted by Gasteiger charge is -2.47. The molecule has 2 bridgehead atoms. The summed E-state index contributed by atoms with van der Waals surface area (Å²) in [6.45, 7) is 12.5. The summed E-state index contributed by atoms with van der Waals surface area (Å²) in [6.07, 6.45) is 4.15. The molecule has 356 valence electrons. The largest absolute Gasteiger partial charge is 0.456 e. The number of cyclic esters (lactones) is 1. The number of esters is 1. The lowest BCUT2D eigenvalue weighted by molar-refractivity contribution is -0.302. The van der Waals surface area contributed by atoms with Crippen molar-refractivity contribution in [3.05, 3.63) is 23.3 Å². The van der Waals surface area contributed by atoms with Crippen LogP contribution in [0.3, 0.4) is 0 Å². The molecule has 3 aliphatic heterocycles. The van der Waals surface area contributed by atoms with Crippen LogP contribution in [0.2, 0.25) is 0 Å². The molecule has 1 saturated carbocycles. The van der Waals surface area contributed by atoms with E-state index in [9.17, 15) is 39.0 Å². The number of ether oxygens (including phenoxy) is 5. The Morgan fingerprint density at radius 3 is 2.24 bits per heavy atom. The number of Topliss-reactive ketones (excluding diaryl/α,β-unsaturated/α-hetero) is 2. The number of hydrogen-bond donors (Lipinski definition) is 3. The van der Waals surface area contributed by atoms with Gasteiger partial charge in [0.05, 0.1) is 31.0 Å². The van der Waals surface area contributed by atoms with Gasteiger partial charge in [-0.2, -0.15) is 0 Å². The molecule has 3 N–H and O–H groups in total. The number of rotatable bonds is 9. The number of aliphatic hydroxyl groups is 2. The Bertz CT molecular complexity index is 1690. The quantitative estimate of drug-likeness (QED) is 0.161. The molecule has 0 aromatic rings. The minimum Gasteiger partial charge on any atom is -0.456 e. The van der Waals surface area contributed by atoms with Gasteiger partial charge in [0.2, 0.25) is 16.8 Å². The van der Waals surface area contributed by atoms with E-state index in [0.717, 1.165) is 11.8 Å². The van der Waals surface area contributed by atoms with E-state index in [1.165, 1.54) is 26.0 Å². The smallest absolute Gasteiger partial charge is 0.329 e. The lowest BCUT2D eigenvalue weighted by atomic mass is 9.81. The molecule has 0 radical (unpaired) electrons. The van der Waals surface area contributed by atoms with Crippen LogP contribution in [0.1, 0.15) is 119 Å². The average Bonchev–Trinajstić information content (AvgIpc) is 3.25. The summed E-state index contributed by atoms with van der Waals surface area (Å²) in [4.78, 5) is 82.1. The fourth-order valence-corrected chi connectivity index (χ4v) is 11.1. The van der Waals surface area contributed by atoms with Gasteiger partial charge < -0.3 is 44.1 Å². The van der Waals surface area contributed by atoms with E-state index in [4.69, 9.17) is 23.7 Å². The van der Waals surface area contributed by atoms with E-state index < -0.39 is 71.8 Å². The molecule has 14 atom stereocenters. The van der Waals surface area contributed by atoms with Crippen molar-refractivity contribution in [3.63, 3.8) is 0 Å². The van der Waals surface area contributed by atoms with Gasteiger partial charge in [0.1, 0.15) is 18.2 Å². The summed E-state index contributed by atoms with van der Waals surface area (Å²) < 4.78 is 30.2. The van der Waals surface area contributed by atoms with Crippen LogP contribution in [-0.4, -0.2) is 138 Å². The van der Waals surface area contributed by atoms with Gasteiger partial charge in [0.15, 0.2) is 5.78 Å². The second kappa shape index (κ2) is 24.0. The minimum atomic E-state index is -2.52. The normalized spacial score (nSPS) is 37.3. The third kappa shape index (κ3) is 13.5. The summed E-state index contributed by atoms with van der Waals surface area (Å²) in [5, 5.41) is 26.1. The zero-order chi connectivity index (χ0) is 46.8. The number of thioether (sulfide) groups is 1. The maximum Gasteiger partial charge on any atom is 0.329 e. The van der Waals surface area contributed by atoms with Crippen LogP contribution in [-0.2, 0) is 52.5 Å². The monoisotopic (exact) mass is 906 g/mol. The molecule has 1 aliphatic carbocycles. The molecule has 0 aromatic heterocycles. The van der Waals surface area contributed by atoms with Gasteiger partial charge in [-0.3, -0.25) is 24.0 Å². The van der Waals surface area contributed by atoms with Gasteiger partial charge in [0, 0.05) is 58.3 Å². The number of allylic oxidation sites excluding steroid dienone is 3. The first-order chi connectivity index (χ1) is 29.8. The summed E-state index contributed by atoms with van der Waals surface area (Å²) in [6, 6.07) is -1.17. The SMILES string of the molecule is CCC1=CC(C)CC(C)CC(OC)C2OC(O)(C(=O)C(=O)N3CCCCC3C(=O)OC(C(C)=CC3CCC(SC(=O)CNC(C)=O)C(OC)C3)C(C)C(O)CC1=O)C(C)CC2OC. The molecule has 3 fully saturated rings. The number of hydrogen-bond acceptors (Lipinski definition) is 14. The first kappa shape index (κ1) is 52.6. The number of amides is 2. The topological polar surface area (TPSA) is 204 Å². The van der Waals surface area contributed by atoms with Crippen molar-refractivity contribution in [1.29, 1.82) is 0 Å². The fraction of sp³-hybridized carbons (Fsp3) is 0.787. The molecule has 16 heteroatoms. The second-order valence-electron chi connectivity index (χ2n) is 18.5. The van der Waals surface area contributed by atoms with E-state index >= 15 is 0 Å². The second-order valence-corrected chi connectivity index (χ2v) is 19.8. The highest BCUT2D eigenvalue weighted by Gasteiger charge is 2.56.